The number of rotatable bonds is 4. The number of benzene rings is 1. The Balaban J connectivity index is 1.97. The number of nitrogens with zero attached hydrogens (tertiary/aromatic N) is 1. The summed E-state index contributed by atoms with van der Waals surface area (Å²) in [5, 5.41) is 0. The molecule has 1 N–H and O–H groups in total. The summed E-state index contributed by atoms with van der Waals surface area (Å²) in [6, 6.07) is 7.20. The molecule has 0 bridgehead atoms. The lowest BCUT2D eigenvalue weighted by atomic mass is 10.0. The molecule has 0 radical (unpaired) electrons. The van der Waals surface area contributed by atoms with Gasteiger partial charge in [-0.2, -0.15) is 0 Å². The quantitative estimate of drug-likeness (QED) is 0.852. The molecule has 0 saturated carbocycles. The number of sulfonamides is 1. The van der Waals surface area contributed by atoms with Gasteiger partial charge >= 0.3 is 0 Å². The fourth-order valence-electron chi connectivity index (χ4n) is 2.47. The third kappa shape index (κ3) is 4.69. The van der Waals surface area contributed by atoms with Gasteiger partial charge in [-0.3, -0.25) is 4.79 Å². The minimum absolute atomic E-state index is 0.0280. The number of halogens is 1. The van der Waals surface area contributed by atoms with Crippen molar-refractivity contribution in [1.82, 2.24) is 9.62 Å². The molecule has 0 aliphatic carbocycles. The Morgan fingerprint density at radius 2 is 2.05 bits per heavy atom. The average molecular weight is 331 g/mol. The molecule has 2 rings (SSSR count). The first-order chi connectivity index (χ1) is 9.89. The second-order valence-electron chi connectivity index (χ2n) is 5.29. The third-order valence-electron chi connectivity index (χ3n) is 3.49. The molecule has 1 aromatic carbocycles. The first-order valence-corrected chi connectivity index (χ1v) is 9.23. The highest BCUT2D eigenvalue weighted by Crippen LogP contribution is 2.16. The lowest BCUT2D eigenvalue weighted by molar-refractivity contribution is 0.0711. The van der Waals surface area contributed by atoms with Gasteiger partial charge in [0, 0.05) is 30.6 Å². The Hall–Kier alpha value is -1.11. The standard InChI is InChI=1S/C14H19ClN2O3S/c1-21(19,20)16-13-5-7-17(8-6-13)14(18)12-4-2-3-11(9-12)10-15/h2-4,9,13,16H,5-8,10H2,1H3. The van der Waals surface area contributed by atoms with Gasteiger partial charge in [0.15, 0.2) is 0 Å². The second-order valence-corrected chi connectivity index (χ2v) is 7.34. The van der Waals surface area contributed by atoms with Gasteiger partial charge in [-0.25, -0.2) is 13.1 Å². The van der Waals surface area contributed by atoms with Gasteiger partial charge in [-0.05, 0) is 30.5 Å². The molecule has 21 heavy (non-hydrogen) atoms. The van der Waals surface area contributed by atoms with Crippen molar-refractivity contribution in [3.8, 4) is 0 Å². The van der Waals surface area contributed by atoms with Crippen molar-refractivity contribution in [2.24, 2.45) is 0 Å². The van der Waals surface area contributed by atoms with Gasteiger partial charge in [-0.1, -0.05) is 12.1 Å². The molecule has 7 heteroatoms. The van der Waals surface area contributed by atoms with E-state index in [0.717, 1.165) is 11.8 Å². The second kappa shape index (κ2) is 6.77. The molecule has 116 valence electrons. The van der Waals surface area contributed by atoms with Crippen LogP contribution in [0.15, 0.2) is 24.3 Å². The largest absolute Gasteiger partial charge is 0.339 e. The van der Waals surface area contributed by atoms with Crippen LogP contribution in [0.25, 0.3) is 0 Å². The van der Waals surface area contributed by atoms with Crippen LogP contribution in [0.5, 0.6) is 0 Å². The third-order valence-corrected chi connectivity index (χ3v) is 4.56. The van der Waals surface area contributed by atoms with Crippen molar-refractivity contribution >= 4 is 27.5 Å². The van der Waals surface area contributed by atoms with Crippen LogP contribution in [-0.2, 0) is 15.9 Å². The van der Waals surface area contributed by atoms with Crippen LogP contribution in [0.2, 0.25) is 0 Å². The molecule has 0 atom stereocenters. The smallest absolute Gasteiger partial charge is 0.253 e. The lowest BCUT2D eigenvalue weighted by Gasteiger charge is -2.32. The molecule has 1 fully saturated rings. The lowest BCUT2D eigenvalue weighted by Crippen LogP contribution is -2.46. The van der Waals surface area contributed by atoms with Gasteiger partial charge < -0.3 is 4.90 Å². The molecule has 1 amide bonds. The zero-order chi connectivity index (χ0) is 15.5. The molecule has 1 saturated heterocycles. The number of amides is 1. The Morgan fingerprint density at radius 3 is 2.62 bits per heavy atom. The number of piperidine rings is 1. The number of nitrogens with one attached hydrogen (secondary N) is 1. The molecule has 1 aromatic rings. The van der Waals surface area contributed by atoms with E-state index >= 15 is 0 Å². The van der Waals surface area contributed by atoms with E-state index in [1.165, 1.54) is 0 Å². The van der Waals surface area contributed by atoms with E-state index in [2.05, 4.69) is 4.72 Å². The van der Waals surface area contributed by atoms with Gasteiger partial charge in [0.2, 0.25) is 10.0 Å². The van der Waals surface area contributed by atoms with E-state index in [0.29, 0.717) is 37.4 Å². The number of alkyl halides is 1. The van der Waals surface area contributed by atoms with Crippen molar-refractivity contribution in [2.45, 2.75) is 24.8 Å². The fraction of sp³-hybridized carbons (Fsp3) is 0.500. The first kappa shape index (κ1) is 16.3. The summed E-state index contributed by atoms with van der Waals surface area (Å²) >= 11 is 5.78. The van der Waals surface area contributed by atoms with E-state index in [1.807, 2.05) is 12.1 Å². The minimum atomic E-state index is -3.19. The van der Waals surface area contributed by atoms with Crippen LogP contribution in [0.1, 0.15) is 28.8 Å². The predicted octanol–water partition coefficient (Wildman–Crippen LogP) is 1.58. The fourth-order valence-corrected chi connectivity index (χ4v) is 3.48. The summed E-state index contributed by atoms with van der Waals surface area (Å²) in [4.78, 5) is 14.2. The van der Waals surface area contributed by atoms with Crippen molar-refractivity contribution in [2.75, 3.05) is 19.3 Å². The average Bonchev–Trinajstić information content (AvgIpc) is 2.46. The number of likely N-dealkylation sites (tertiary alicyclic amines) is 1. The van der Waals surface area contributed by atoms with Crippen LogP contribution < -0.4 is 4.72 Å². The van der Waals surface area contributed by atoms with E-state index in [9.17, 15) is 13.2 Å². The molecule has 0 aromatic heterocycles. The first-order valence-electron chi connectivity index (χ1n) is 6.80. The summed E-state index contributed by atoms with van der Waals surface area (Å²) in [6.45, 7) is 1.11. The molecule has 1 aliphatic rings. The van der Waals surface area contributed by atoms with E-state index in [4.69, 9.17) is 11.6 Å². The van der Waals surface area contributed by atoms with Crippen molar-refractivity contribution in [3.63, 3.8) is 0 Å². The monoisotopic (exact) mass is 330 g/mol. The molecule has 0 spiro atoms. The maximum atomic E-state index is 12.4. The molecule has 0 unspecified atom stereocenters. The van der Waals surface area contributed by atoms with Gasteiger partial charge in [-0.15, -0.1) is 11.6 Å². The number of hydrogen-bond acceptors (Lipinski definition) is 3. The molecule has 1 aliphatic heterocycles. The van der Waals surface area contributed by atoms with E-state index in [1.54, 1.807) is 17.0 Å². The topological polar surface area (TPSA) is 66.5 Å². The molecular formula is C14H19ClN2O3S. The van der Waals surface area contributed by atoms with Crippen molar-refractivity contribution < 1.29 is 13.2 Å². The van der Waals surface area contributed by atoms with Crippen LogP contribution >= 0.6 is 11.6 Å². The maximum Gasteiger partial charge on any atom is 0.253 e. The van der Waals surface area contributed by atoms with Crippen molar-refractivity contribution in [3.05, 3.63) is 35.4 Å². The molecule has 1 heterocycles. The van der Waals surface area contributed by atoms with Crippen LogP contribution in [-0.4, -0.2) is 44.6 Å². The zero-order valence-electron chi connectivity index (χ0n) is 11.9. The SMILES string of the molecule is CS(=O)(=O)NC1CCN(C(=O)c2cccc(CCl)c2)CC1. The molecule has 5 nitrogen and oxygen atoms in total. The van der Waals surface area contributed by atoms with Crippen LogP contribution in [0, 0.1) is 0 Å². The summed E-state index contributed by atoms with van der Waals surface area (Å²) in [7, 11) is -3.19. The molecular weight excluding hydrogens is 312 g/mol. The number of carbonyl (C=O) groups excluding carboxylic acids is 1. The Bertz CT molecular complexity index is 610. The predicted molar refractivity (Wildman–Crippen MR) is 82.9 cm³/mol. The number of carbonyl (C=O) groups is 1. The van der Waals surface area contributed by atoms with Crippen LogP contribution in [0.4, 0.5) is 0 Å². The highest BCUT2D eigenvalue weighted by molar-refractivity contribution is 7.88. The van der Waals surface area contributed by atoms with Crippen molar-refractivity contribution in [1.29, 1.82) is 0 Å². The van der Waals surface area contributed by atoms with Gasteiger partial charge in [0.1, 0.15) is 0 Å². The normalized spacial score (nSPS) is 17.0. The Morgan fingerprint density at radius 1 is 1.38 bits per heavy atom. The minimum Gasteiger partial charge on any atom is -0.339 e. The van der Waals surface area contributed by atoms with Gasteiger partial charge in [0.05, 0.1) is 6.26 Å². The van der Waals surface area contributed by atoms with E-state index < -0.39 is 10.0 Å². The highest BCUT2D eigenvalue weighted by atomic mass is 35.5. The Labute approximate surface area is 130 Å². The summed E-state index contributed by atoms with van der Waals surface area (Å²) in [5.41, 5.74) is 1.54. The highest BCUT2D eigenvalue weighted by Gasteiger charge is 2.25. The summed E-state index contributed by atoms with van der Waals surface area (Å²) in [6.07, 6.45) is 2.42. The number of hydrogen-bond donors (Lipinski definition) is 1. The summed E-state index contributed by atoms with van der Waals surface area (Å²) < 4.78 is 25.0. The van der Waals surface area contributed by atoms with Gasteiger partial charge in [0.25, 0.3) is 5.91 Å². The van der Waals surface area contributed by atoms with Crippen LogP contribution in [0.3, 0.4) is 0 Å². The Kier molecular flexibility index (Phi) is 5.24. The summed E-state index contributed by atoms with van der Waals surface area (Å²) in [5.74, 6) is 0.348. The zero-order valence-corrected chi connectivity index (χ0v) is 13.5. The van der Waals surface area contributed by atoms with E-state index in [-0.39, 0.29) is 11.9 Å². The maximum absolute atomic E-state index is 12.4.